The summed E-state index contributed by atoms with van der Waals surface area (Å²) in [6, 6.07) is -0.521. The van der Waals surface area contributed by atoms with Crippen molar-refractivity contribution in [1.82, 2.24) is 14.8 Å². The number of rotatable bonds is 6. The predicted octanol–water partition coefficient (Wildman–Crippen LogP) is 2.89. The average Bonchev–Trinajstić information content (AvgIpc) is 3.14. The first-order valence-electron chi connectivity index (χ1n) is 8.38. The summed E-state index contributed by atoms with van der Waals surface area (Å²) in [6.45, 7) is 2.35. The minimum absolute atomic E-state index is 0.0686. The van der Waals surface area contributed by atoms with Gasteiger partial charge in [0.1, 0.15) is 0 Å². The molecule has 1 aromatic heterocycles. The molecule has 0 N–H and O–H groups in total. The van der Waals surface area contributed by atoms with E-state index in [1.165, 1.54) is 23.3 Å². The molecule has 3 rings (SSSR count). The molecule has 0 aromatic carbocycles. The highest BCUT2D eigenvalue weighted by Crippen LogP contribution is 2.23. The zero-order valence-corrected chi connectivity index (χ0v) is 14.6. The van der Waals surface area contributed by atoms with Gasteiger partial charge in [0, 0.05) is 11.9 Å². The standard InChI is InChI=1S/C17H21N3O3S/c1-2-14-18-13(11-24-14)10-20-16(22)15(21)19(17(20)23)9-8-12-6-4-3-5-7-12/h6,11H,2-5,7-10H2,1H3. The van der Waals surface area contributed by atoms with Crippen LogP contribution in [0.1, 0.15) is 49.7 Å². The molecule has 0 unspecified atom stereocenters. The first kappa shape index (κ1) is 16.8. The third-order valence-electron chi connectivity index (χ3n) is 4.40. The number of allylic oxidation sites excluding steroid dienone is 1. The van der Waals surface area contributed by atoms with E-state index in [1.807, 2.05) is 12.3 Å². The smallest absolute Gasteiger partial charge is 0.263 e. The van der Waals surface area contributed by atoms with Gasteiger partial charge in [0.25, 0.3) is 0 Å². The van der Waals surface area contributed by atoms with E-state index < -0.39 is 17.8 Å². The van der Waals surface area contributed by atoms with Gasteiger partial charge < -0.3 is 0 Å². The van der Waals surface area contributed by atoms with Crippen LogP contribution >= 0.6 is 11.3 Å². The molecule has 2 aliphatic rings. The van der Waals surface area contributed by atoms with E-state index in [4.69, 9.17) is 0 Å². The number of hydrogen-bond donors (Lipinski definition) is 0. The number of carbonyl (C=O) groups excluding carboxylic acids is 3. The Morgan fingerprint density at radius 3 is 2.62 bits per heavy atom. The molecule has 0 spiro atoms. The van der Waals surface area contributed by atoms with Crippen LogP contribution in [0.3, 0.4) is 0 Å². The molecular formula is C17H21N3O3S. The van der Waals surface area contributed by atoms with Crippen LogP contribution in [0.5, 0.6) is 0 Å². The van der Waals surface area contributed by atoms with Crippen molar-refractivity contribution in [1.29, 1.82) is 0 Å². The molecule has 1 aliphatic heterocycles. The molecule has 4 amide bonds. The summed E-state index contributed by atoms with van der Waals surface area (Å²) in [7, 11) is 0. The minimum Gasteiger partial charge on any atom is -0.263 e. The van der Waals surface area contributed by atoms with E-state index in [1.54, 1.807) is 0 Å². The van der Waals surface area contributed by atoms with Crippen LogP contribution < -0.4 is 0 Å². The van der Waals surface area contributed by atoms with E-state index in [0.717, 1.165) is 40.5 Å². The second kappa shape index (κ2) is 7.25. The Bertz CT molecular complexity index is 695. The molecule has 1 aliphatic carbocycles. The molecule has 128 valence electrons. The lowest BCUT2D eigenvalue weighted by Crippen LogP contribution is -2.34. The molecule has 1 saturated heterocycles. The van der Waals surface area contributed by atoms with Crippen LogP contribution in [-0.2, 0) is 22.6 Å². The first-order valence-corrected chi connectivity index (χ1v) is 9.26. The van der Waals surface area contributed by atoms with E-state index in [9.17, 15) is 14.4 Å². The number of thiazole rings is 1. The lowest BCUT2D eigenvalue weighted by molar-refractivity contribution is -0.143. The zero-order chi connectivity index (χ0) is 17.1. The fourth-order valence-corrected chi connectivity index (χ4v) is 3.76. The third-order valence-corrected chi connectivity index (χ3v) is 5.44. The lowest BCUT2D eigenvalue weighted by Gasteiger charge is -2.17. The summed E-state index contributed by atoms with van der Waals surface area (Å²) in [6.07, 6.45) is 8.10. The molecule has 2 heterocycles. The van der Waals surface area contributed by atoms with E-state index >= 15 is 0 Å². The van der Waals surface area contributed by atoms with Crippen molar-refractivity contribution in [2.45, 2.75) is 52.0 Å². The Kier molecular flexibility index (Phi) is 5.08. The van der Waals surface area contributed by atoms with Crippen LogP contribution in [0.25, 0.3) is 0 Å². The third kappa shape index (κ3) is 3.40. The molecule has 1 aromatic rings. The summed E-state index contributed by atoms with van der Waals surface area (Å²) in [5.41, 5.74) is 1.93. The van der Waals surface area contributed by atoms with Crippen molar-refractivity contribution < 1.29 is 14.4 Å². The highest BCUT2D eigenvalue weighted by atomic mass is 32.1. The van der Waals surface area contributed by atoms with Crippen molar-refractivity contribution in [3.8, 4) is 0 Å². The quantitative estimate of drug-likeness (QED) is 0.451. The summed E-state index contributed by atoms with van der Waals surface area (Å²) in [4.78, 5) is 43.2. The molecule has 7 heteroatoms. The van der Waals surface area contributed by atoms with Crippen LogP contribution in [0.4, 0.5) is 4.79 Å². The van der Waals surface area contributed by atoms with Gasteiger partial charge in [-0.05, 0) is 38.5 Å². The fourth-order valence-electron chi connectivity index (χ4n) is 3.02. The molecule has 0 saturated carbocycles. The number of carbonyl (C=O) groups is 3. The number of amides is 4. The van der Waals surface area contributed by atoms with Gasteiger partial charge in [0.05, 0.1) is 17.2 Å². The number of aromatic nitrogens is 1. The second-order valence-electron chi connectivity index (χ2n) is 6.07. The summed E-state index contributed by atoms with van der Waals surface area (Å²) in [5.74, 6) is -1.47. The van der Waals surface area contributed by atoms with Gasteiger partial charge in [0.2, 0.25) is 0 Å². The number of hydrogen-bond acceptors (Lipinski definition) is 5. The molecule has 0 atom stereocenters. The number of urea groups is 1. The van der Waals surface area contributed by atoms with Gasteiger partial charge in [-0.2, -0.15) is 0 Å². The molecular weight excluding hydrogens is 326 g/mol. The maximum Gasteiger partial charge on any atom is 0.334 e. The van der Waals surface area contributed by atoms with E-state index in [0.29, 0.717) is 12.1 Å². The van der Waals surface area contributed by atoms with E-state index in [2.05, 4.69) is 11.1 Å². The maximum absolute atomic E-state index is 12.4. The molecule has 0 radical (unpaired) electrons. The lowest BCUT2D eigenvalue weighted by atomic mass is 9.97. The second-order valence-corrected chi connectivity index (χ2v) is 7.02. The van der Waals surface area contributed by atoms with Gasteiger partial charge in [-0.3, -0.25) is 14.5 Å². The Hall–Kier alpha value is -2.02. The van der Waals surface area contributed by atoms with Gasteiger partial charge in [-0.15, -0.1) is 11.3 Å². The first-order chi connectivity index (χ1) is 11.6. The van der Waals surface area contributed by atoms with Gasteiger partial charge >= 0.3 is 17.8 Å². The Morgan fingerprint density at radius 1 is 1.17 bits per heavy atom. The van der Waals surface area contributed by atoms with Gasteiger partial charge in [-0.25, -0.2) is 14.7 Å². The predicted molar refractivity (Wildman–Crippen MR) is 90.3 cm³/mol. The monoisotopic (exact) mass is 347 g/mol. The number of nitrogens with zero attached hydrogens (tertiary/aromatic N) is 3. The molecule has 0 bridgehead atoms. The minimum atomic E-state index is -0.747. The van der Waals surface area contributed by atoms with Gasteiger partial charge in [0.15, 0.2) is 0 Å². The number of aryl methyl sites for hydroxylation is 1. The highest BCUT2D eigenvalue weighted by molar-refractivity contribution is 7.09. The summed E-state index contributed by atoms with van der Waals surface area (Å²) in [5, 5.41) is 2.79. The Labute approximate surface area is 145 Å². The van der Waals surface area contributed by atoms with Crippen molar-refractivity contribution >= 4 is 29.2 Å². The fraction of sp³-hybridized carbons (Fsp3) is 0.529. The van der Waals surface area contributed by atoms with Crippen molar-refractivity contribution in [3.63, 3.8) is 0 Å². The van der Waals surface area contributed by atoms with Crippen molar-refractivity contribution in [2.24, 2.45) is 0 Å². The highest BCUT2D eigenvalue weighted by Gasteiger charge is 2.44. The van der Waals surface area contributed by atoms with Crippen molar-refractivity contribution in [3.05, 3.63) is 27.7 Å². The summed E-state index contributed by atoms with van der Waals surface area (Å²) >= 11 is 1.50. The Balaban J connectivity index is 1.64. The number of imide groups is 2. The largest absolute Gasteiger partial charge is 0.334 e. The van der Waals surface area contributed by atoms with Gasteiger partial charge in [-0.1, -0.05) is 18.6 Å². The van der Waals surface area contributed by atoms with Crippen LogP contribution in [0, 0.1) is 0 Å². The van der Waals surface area contributed by atoms with Crippen LogP contribution in [0.15, 0.2) is 17.0 Å². The maximum atomic E-state index is 12.4. The normalized spacial score (nSPS) is 18.5. The molecule has 1 fully saturated rings. The zero-order valence-electron chi connectivity index (χ0n) is 13.8. The van der Waals surface area contributed by atoms with Crippen molar-refractivity contribution in [2.75, 3.05) is 6.54 Å². The summed E-state index contributed by atoms with van der Waals surface area (Å²) < 4.78 is 0. The van der Waals surface area contributed by atoms with E-state index in [-0.39, 0.29) is 13.1 Å². The average molecular weight is 347 g/mol. The SMILES string of the molecule is CCc1nc(CN2C(=O)C(=O)N(CCC3=CCCCC3)C2=O)cs1. The topological polar surface area (TPSA) is 70.6 Å². The Morgan fingerprint density at radius 2 is 1.96 bits per heavy atom. The van der Waals surface area contributed by atoms with Crippen LogP contribution in [-0.4, -0.2) is 39.2 Å². The molecule has 24 heavy (non-hydrogen) atoms. The molecule has 6 nitrogen and oxygen atoms in total. The van der Waals surface area contributed by atoms with Crippen LogP contribution in [0.2, 0.25) is 0 Å².